The van der Waals surface area contributed by atoms with Crippen LogP contribution in [0, 0.1) is 0 Å². The van der Waals surface area contributed by atoms with Crippen LogP contribution in [0.5, 0.6) is 5.75 Å². The molecule has 1 aromatic carbocycles. The molecule has 4 atom stereocenters. The van der Waals surface area contributed by atoms with Crippen LogP contribution < -0.4 is 21.0 Å². The third-order valence-electron chi connectivity index (χ3n) is 5.28. The SMILES string of the molecule is CN1CCC(NP(OCC2CC(F)(F)C(n3ccc(N)nc3=O)O2)Oc2ccccc2)C1=O. The molecule has 4 unspecified atom stereocenters. The number of nitrogens with zero attached hydrogens (tertiary/aromatic N) is 3. The van der Waals surface area contributed by atoms with Gasteiger partial charge in [0.1, 0.15) is 11.6 Å². The van der Waals surface area contributed by atoms with E-state index in [9.17, 15) is 18.4 Å². The van der Waals surface area contributed by atoms with Crippen LogP contribution in [0.15, 0.2) is 47.4 Å². The zero-order chi connectivity index (χ0) is 23.6. The highest BCUT2D eigenvalue weighted by Crippen LogP contribution is 2.44. The predicted molar refractivity (Wildman–Crippen MR) is 116 cm³/mol. The number of nitrogen functional groups attached to an aromatic ring is 1. The maximum atomic E-state index is 14.6. The summed E-state index contributed by atoms with van der Waals surface area (Å²) in [6, 6.07) is 9.57. The maximum absolute atomic E-state index is 14.6. The quantitative estimate of drug-likeness (QED) is 0.547. The van der Waals surface area contributed by atoms with Crippen molar-refractivity contribution in [2.45, 2.75) is 37.1 Å². The Kier molecular flexibility index (Phi) is 6.89. The monoisotopic (exact) mass is 483 g/mol. The van der Waals surface area contributed by atoms with Gasteiger partial charge in [0.15, 0.2) is 0 Å². The van der Waals surface area contributed by atoms with Crippen molar-refractivity contribution in [3.63, 3.8) is 0 Å². The smallest absolute Gasteiger partial charge is 0.351 e. The van der Waals surface area contributed by atoms with Crippen LogP contribution >= 0.6 is 8.53 Å². The molecule has 0 saturated carbocycles. The number of hydrogen-bond acceptors (Lipinski definition) is 8. The first-order valence-corrected chi connectivity index (χ1v) is 11.5. The van der Waals surface area contributed by atoms with Gasteiger partial charge in [-0.05, 0) is 24.6 Å². The lowest BCUT2D eigenvalue weighted by molar-refractivity contribution is -0.128. The molecule has 3 heterocycles. The minimum Gasteiger partial charge on any atom is -0.436 e. The van der Waals surface area contributed by atoms with E-state index in [0.717, 1.165) is 6.20 Å². The van der Waals surface area contributed by atoms with Gasteiger partial charge in [-0.15, -0.1) is 0 Å². The minimum absolute atomic E-state index is 0.0701. The summed E-state index contributed by atoms with van der Waals surface area (Å²) in [5.74, 6) is -2.98. The van der Waals surface area contributed by atoms with Crippen molar-refractivity contribution in [3.05, 3.63) is 53.1 Å². The van der Waals surface area contributed by atoms with E-state index in [1.807, 2.05) is 6.07 Å². The van der Waals surface area contributed by atoms with Crippen molar-refractivity contribution in [2.75, 3.05) is 25.9 Å². The third kappa shape index (κ3) is 5.47. The molecular weight excluding hydrogens is 459 g/mol. The van der Waals surface area contributed by atoms with E-state index in [1.165, 1.54) is 6.07 Å². The van der Waals surface area contributed by atoms with Gasteiger partial charge < -0.3 is 24.4 Å². The van der Waals surface area contributed by atoms with Crippen LogP contribution in [0.4, 0.5) is 14.6 Å². The van der Waals surface area contributed by atoms with Gasteiger partial charge in [-0.3, -0.25) is 9.36 Å². The first-order chi connectivity index (χ1) is 15.7. The number of nitrogens with one attached hydrogen (secondary N) is 1. The second-order valence-corrected chi connectivity index (χ2v) is 9.02. The number of ether oxygens (including phenoxy) is 1. The van der Waals surface area contributed by atoms with E-state index in [1.54, 1.807) is 36.2 Å². The Hall–Kier alpha value is -2.66. The number of halogens is 2. The zero-order valence-electron chi connectivity index (χ0n) is 17.8. The van der Waals surface area contributed by atoms with E-state index in [-0.39, 0.29) is 18.3 Å². The third-order valence-corrected chi connectivity index (χ3v) is 6.57. The highest BCUT2D eigenvalue weighted by Gasteiger charge is 2.52. The van der Waals surface area contributed by atoms with Crippen molar-refractivity contribution in [3.8, 4) is 5.75 Å². The molecule has 2 aliphatic rings. The Labute approximate surface area is 189 Å². The highest BCUT2D eigenvalue weighted by atomic mass is 31.2. The molecule has 2 aliphatic heterocycles. The molecule has 0 bridgehead atoms. The van der Waals surface area contributed by atoms with Crippen LogP contribution in [-0.2, 0) is 14.1 Å². The Morgan fingerprint density at radius 3 is 2.73 bits per heavy atom. The van der Waals surface area contributed by atoms with E-state index in [0.29, 0.717) is 23.3 Å². The van der Waals surface area contributed by atoms with Gasteiger partial charge in [0, 0.05) is 26.2 Å². The van der Waals surface area contributed by atoms with Crippen LogP contribution in [0.2, 0.25) is 0 Å². The topological polar surface area (TPSA) is 121 Å². The van der Waals surface area contributed by atoms with E-state index in [2.05, 4.69) is 10.1 Å². The van der Waals surface area contributed by atoms with Gasteiger partial charge >= 0.3 is 14.2 Å². The number of hydrogen-bond donors (Lipinski definition) is 2. The average molecular weight is 483 g/mol. The normalized spacial score (nSPS) is 25.4. The Balaban J connectivity index is 1.43. The summed E-state index contributed by atoms with van der Waals surface area (Å²) in [4.78, 5) is 29.4. The predicted octanol–water partition coefficient (Wildman–Crippen LogP) is 1.89. The highest BCUT2D eigenvalue weighted by molar-refractivity contribution is 7.45. The lowest BCUT2D eigenvalue weighted by atomic mass is 10.2. The van der Waals surface area contributed by atoms with Crippen molar-refractivity contribution in [1.29, 1.82) is 0 Å². The lowest BCUT2D eigenvalue weighted by Gasteiger charge is -2.23. The van der Waals surface area contributed by atoms with Crippen molar-refractivity contribution >= 4 is 20.3 Å². The summed E-state index contributed by atoms with van der Waals surface area (Å²) in [5.41, 5.74) is 4.50. The van der Waals surface area contributed by atoms with Crippen LogP contribution in [0.1, 0.15) is 19.1 Å². The summed E-state index contributed by atoms with van der Waals surface area (Å²) in [7, 11) is -0.137. The van der Waals surface area contributed by atoms with Crippen molar-refractivity contribution in [1.82, 2.24) is 19.5 Å². The number of carbonyl (C=O) groups is 1. The summed E-state index contributed by atoms with van der Waals surface area (Å²) in [6.45, 7) is 0.362. The molecular formula is C20H24F2N5O5P. The molecule has 178 valence electrons. The Morgan fingerprint density at radius 2 is 2.06 bits per heavy atom. The van der Waals surface area contributed by atoms with E-state index in [4.69, 9.17) is 19.5 Å². The van der Waals surface area contributed by atoms with Gasteiger partial charge in [-0.2, -0.15) is 4.98 Å². The lowest BCUT2D eigenvalue weighted by Crippen LogP contribution is -2.35. The molecule has 0 aliphatic carbocycles. The van der Waals surface area contributed by atoms with Gasteiger partial charge in [0.05, 0.1) is 18.8 Å². The number of likely N-dealkylation sites (N-methyl/N-ethyl adjacent to an activating group) is 1. The Bertz CT molecular complexity index is 1040. The number of aromatic nitrogens is 2. The summed E-state index contributed by atoms with van der Waals surface area (Å²) < 4.78 is 47.1. The summed E-state index contributed by atoms with van der Waals surface area (Å²) >= 11 is 0. The number of amides is 1. The molecule has 1 amide bonds. The van der Waals surface area contributed by atoms with Gasteiger partial charge in [-0.1, -0.05) is 18.2 Å². The molecule has 4 rings (SSSR count). The number of nitrogens with two attached hydrogens (primary N) is 1. The number of benzene rings is 1. The first kappa shape index (κ1) is 23.5. The fourth-order valence-corrected chi connectivity index (χ4v) is 4.88. The van der Waals surface area contributed by atoms with E-state index >= 15 is 0 Å². The number of rotatable bonds is 8. The first-order valence-electron chi connectivity index (χ1n) is 10.3. The molecule has 2 saturated heterocycles. The molecule has 0 spiro atoms. The molecule has 2 aromatic rings. The second kappa shape index (κ2) is 9.68. The molecule has 0 radical (unpaired) electrons. The van der Waals surface area contributed by atoms with Gasteiger partial charge in [-0.25, -0.2) is 18.7 Å². The molecule has 13 heteroatoms. The molecule has 33 heavy (non-hydrogen) atoms. The number of likely N-dealkylation sites (tertiary alicyclic amines) is 1. The van der Waals surface area contributed by atoms with Crippen LogP contribution in [-0.4, -0.2) is 58.6 Å². The number of para-hydroxylation sites is 1. The molecule has 3 N–H and O–H groups in total. The second-order valence-electron chi connectivity index (χ2n) is 7.81. The number of alkyl halides is 2. The van der Waals surface area contributed by atoms with Crippen molar-refractivity contribution in [2.24, 2.45) is 0 Å². The largest absolute Gasteiger partial charge is 0.436 e. The minimum atomic E-state index is -3.32. The number of anilines is 1. The van der Waals surface area contributed by atoms with Crippen molar-refractivity contribution < 1.29 is 27.4 Å². The van der Waals surface area contributed by atoms with Crippen LogP contribution in [0.3, 0.4) is 0 Å². The fraction of sp³-hybridized carbons (Fsp3) is 0.450. The van der Waals surface area contributed by atoms with E-state index < -0.39 is 44.9 Å². The molecule has 2 fully saturated rings. The molecule has 10 nitrogen and oxygen atoms in total. The zero-order valence-corrected chi connectivity index (χ0v) is 18.7. The molecule has 1 aromatic heterocycles. The van der Waals surface area contributed by atoms with Crippen LogP contribution in [0.25, 0.3) is 0 Å². The summed E-state index contributed by atoms with van der Waals surface area (Å²) in [6.07, 6.45) is -1.80. The average Bonchev–Trinajstić information content (AvgIpc) is 3.25. The maximum Gasteiger partial charge on any atom is 0.351 e. The van der Waals surface area contributed by atoms with Gasteiger partial charge in [0.25, 0.3) is 5.92 Å². The standard InChI is InChI=1S/C20H24F2N5O5P/c1-26-9-7-15(17(26)28)25-33(32-13-5-3-2-4-6-13)30-12-14-11-20(21,22)18(31-14)27-10-8-16(23)24-19(27)29/h2-6,8,10,14-15,18,25H,7,9,11-12H2,1H3,(H2,23,24,29). The van der Waals surface area contributed by atoms with Gasteiger partial charge in [0.2, 0.25) is 12.1 Å². The summed E-state index contributed by atoms with van der Waals surface area (Å²) in [5, 5.41) is 3.05. The Morgan fingerprint density at radius 1 is 1.30 bits per heavy atom. The fourth-order valence-electron chi connectivity index (χ4n) is 3.59. The number of carbonyl (C=O) groups excluding carboxylic acids is 1.